The fourth-order valence-corrected chi connectivity index (χ4v) is 1.92. The van der Waals surface area contributed by atoms with E-state index in [4.69, 9.17) is 4.74 Å². The van der Waals surface area contributed by atoms with Crippen molar-refractivity contribution in [2.45, 2.75) is 13.0 Å². The van der Waals surface area contributed by atoms with Gasteiger partial charge in [-0.25, -0.2) is 4.79 Å². The van der Waals surface area contributed by atoms with Gasteiger partial charge in [0, 0.05) is 0 Å². The summed E-state index contributed by atoms with van der Waals surface area (Å²) in [6, 6.07) is 12.8. The van der Waals surface area contributed by atoms with E-state index in [1.807, 2.05) is 36.4 Å². The van der Waals surface area contributed by atoms with E-state index in [9.17, 15) is 9.59 Å². The van der Waals surface area contributed by atoms with Gasteiger partial charge in [-0.1, -0.05) is 30.3 Å². The normalized spacial score (nSPS) is 11.7. The highest BCUT2D eigenvalue weighted by Gasteiger charge is 2.15. The van der Waals surface area contributed by atoms with Gasteiger partial charge in [0.25, 0.3) is 5.91 Å². The van der Waals surface area contributed by atoms with Gasteiger partial charge in [0.05, 0.1) is 7.11 Å². The van der Waals surface area contributed by atoms with Crippen LogP contribution in [0.3, 0.4) is 0 Å². The summed E-state index contributed by atoms with van der Waals surface area (Å²) in [7, 11) is 1.27. The average Bonchev–Trinajstić information content (AvgIpc) is 2.51. The maximum atomic E-state index is 11.7. The fourth-order valence-electron chi connectivity index (χ4n) is 1.92. The maximum absolute atomic E-state index is 11.7. The van der Waals surface area contributed by atoms with Crippen LogP contribution < -0.4 is 10.1 Å². The van der Waals surface area contributed by atoms with Gasteiger partial charge in [-0.15, -0.1) is 0 Å². The third-order valence-electron chi connectivity index (χ3n) is 3.02. The molecule has 5 nitrogen and oxygen atoms in total. The molecule has 0 aliphatic carbocycles. The minimum absolute atomic E-state index is 0.153. The molecule has 21 heavy (non-hydrogen) atoms. The quantitative estimate of drug-likeness (QED) is 0.853. The molecule has 110 valence electrons. The molecule has 0 bridgehead atoms. The lowest BCUT2D eigenvalue weighted by Gasteiger charge is -2.12. The summed E-state index contributed by atoms with van der Waals surface area (Å²) in [5.74, 6) is -0.260. The zero-order valence-corrected chi connectivity index (χ0v) is 12.0. The largest absolute Gasteiger partial charge is 0.484 e. The second-order valence-corrected chi connectivity index (χ2v) is 4.61. The van der Waals surface area contributed by atoms with Gasteiger partial charge in [-0.3, -0.25) is 4.79 Å². The topological polar surface area (TPSA) is 64.6 Å². The summed E-state index contributed by atoms with van der Waals surface area (Å²) in [6.45, 7) is 1.40. The number of carbonyl (C=O) groups excluding carboxylic acids is 2. The molecule has 0 aromatic heterocycles. The summed E-state index contributed by atoms with van der Waals surface area (Å²) in [6.07, 6.45) is 0. The SMILES string of the molecule is COC(=O)[C@H](C)NC(=O)COc1ccc2ccccc2c1. The third-order valence-corrected chi connectivity index (χ3v) is 3.02. The van der Waals surface area contributed by atoms with Crippen molar-refractivity contribution >= 4 is 22.6 Å². The average molecular weight is 287 g/mol. The smallest absolute Gasteiger partial charge is 0.328 e. The first-order valence-corrected chi connectivity index (χ1v) is 6.59. The fraction of sp³-hybridized carbons (Fsp3) is 0.250. The number of nitrogens with one attached hydrogen (secondary N) is 1. The Morgan fingerprint density at radius 3 is 2.57 bits per heavy atom. The summed E-state index contributed by atoms with van der Waals surface area (Å²) in [5.41, 5.74) is 0. The van der Waals surface area contributed by atoms with Gasteiger partial charge < -0.3 is 14.8 Å². The van der Waals surface area contributed by atoms with E-state index >= 15 is 0 Å². The van der Waals surface area contributed by atoms with E-state index in [1.165, 1.54) is 7.11 Å². The predicted molar refractivity (Wildman–Crippen MR) is 79.1 cm³/mol. The number of ether oxygens (including phenoxy) is 2. The van der Waals surface area contributed by atoms with E-state index in [0.717, 1.165) is 10.8 Å². The Kier molecular flexibility index (Phi) is 4.77. The highest BCUT2D eigenvalue weighted by atomic mass is 16.5. The summed E-state index contributed by atoms with van der Waals surface area (Å²) < 4.78 is 9.96. The number of benzene rings is 2. The molecule has 0 spiro atoms. The van der Waals surface area contributed by atoms with Crippen molar-refractivity contribution < 1.29 is 19.1 Å². The Hall–Kier alpha value is -2.56. The first-order valence-electron chi connectivity index (χ1n) is 6.59. The summed E-state index contributed by atoms with van der Waals surface area (Å²) in [5, 5.41) is 4.64. The molecule has 2 rings (SSSR count). The van der Waals surface area contributed by atoms with Gasteiger partial charge in [-0.05, 0) is 29.8 Å². The molecule has 2 aromatic rings. The van der Waals surface area contributed by atoms with Gasteiger partial charge in [-0.2, -0.15) is 0 Å². The van der Waals surface area contributed by atoms with Crippen LogP contribution in [0.15, 0.2) is 42.5 Å². The Bertz CT molecular complexity index is 654. The molecular formula is C16H17NO4. The number of carbonyl (C=O) groups is 2. The highest BCUT2D eigenvalue weighted by molar-refractivity contribution is 5.85. The number of amides is 1. The molecule has 1 amide bonds. The van der Waals surface area contributed by atoms with Crippen LogP contribution in [0, 0.1) is 0 Å². The van der Waals surface area contributed by atoms with Gasteiger partial charge in [0.2, 0.25) is 0 Å². The van der Waals surface area contributed by atoms with Crippen molar-refractivity contribution in [1.82, 2.24) is 5.32 Å². The lowest BCUT2D eigenvalue weighted by molar-refractivity contribution is -0.144. The predicted octanol–water partition coefficient (Wildman–Crippen LogP) is 1.90. The Morgan fingerprint density at radius 2 is 1.86 bits per heavy atom. The van der Waals surface area contributed by atoms with Crippen molar-refractivity contribution in [3.05, 3.63) is 42.5 Å². The molecule has 0 aliphatic rings. The zero-order chi connectivity index (χ0) is 15.2. The number of fused-ring (bicyclic) bond motifs is 1. The molecule has 0 saturated carbocycles. The number of methoxy groups -OCH3 is 1. The van der Waals surface area contributed by atoms with Crippen LogP contribution in [0.2, 0.25) is 0 Å². The maximum Gasteiger partial charge on any atom is 0.328 e. The van der Waals surface area contributed by atoms with Crippen LogP contribution in [0.4, 0.5) is 0 Å². The Morgan fingerprint density at radius 1 is 1.14 bits per heavy atom. The van der Waals surface area contributed by atoms with E-state index in [1.54, 1.807) is 13.0 Å². The van der Waals surface area contributed by atoms with Crippen molar-refractivity contribution in [2.24, 2.45) is 0 Å². The lowest BCUT2D eigenvalue weighted by Crippen LogP contribution is -2.41. The summed E-state index contributed by atoms with van der Waals surface area (Å²) >= 11 is 0. The Balaban J connectivity index is 1.92. The summed E-state index contributed by atoms with van der Waals surface area (Å²) in [4.78, 5) is 22.9. The second-order valence-electron chi connectivity index (χ2n) is 4.61. The number of hydrogen-bond donors (Lipinski definition) is 1. The van der Waals surface area contributed by atoms with Crippen LogP contribution in [-0.2, 0) is 14.3 Å². The van der Waals surface area contributed by atoms with Crippen molar-refractivity contribution in [1.29, 1.82) is 0 Å². The number of rotatable bonds is 5. The van der Waals surface area contributed by atoms with E-state index in [-0.39, 0.29) is 12.5 Å². The van der Waals surface area contributed by atoms with Crippen LogP contribution in [0.1, 0.15) is 6.92 Å². The number of esters is 1. The molecule has 0 radical (unpaired) electrons. The standard InChI is InChI=1S/C16H17NO4/c1-11(16(19)20-2)17-15(18)10-21-14-8-7-12-5-3-4-6-13(12)9-14/h3-9,11H,10H2,1-2H3,(H,17,18)/t11-/m0/s1. The van der Waals surface area contributed by atoms with Gasteiger partial charge in [0.15, 0.2) is 6.61 Å². The molecule has 0 fully saturated rings. The van der Waals surface area contributed by atoms with Gasteiger partial charge >= 0.3 is 5.97 Å². The monoisotopic (exact) mass is 287 g/mol. The zero-order valence-electron chi connectivity index (χ0n) is 12.0. The van der Waals surface area contributed by atoms with Crippen LogP contribution >= 0.6 is 0 Å². The van der Waals surface area contributed by atoms with E-state index < -0.39 is 12.0 Å². The molecule has 0 saturated heterocycles. The molecule has 2 aromatic carbocycles. The minimum atomic E-state index is -0.692. The van der Waals surface area contributed by atoms with Crippen molar-refractivity contribution in [3.63, 3.8) is 0 Å². The molecule has 1 N–H and O–H groups in total. The molecule has 1 atom stereocenters. The van der Waals surface area contributed by atoms with Crippen molar-refractivity contribution in [2.75, 3.05) is 13.7 Å². The highest BCUT2D eigenvalue weighted by Crippen LogP contribution is 2.20. The molecular weight excluding hydrogens is 270 g/mol. The minimum Gasteiger partial charge on any atom is -0.484 e. The van der Waals surface area contributed by atoms with Crippen LogP contribution in [-0.4, -0.2) is 31.6 Å². The van der Waals surface area contributed by atoms with E-state index in [0.29, 0.717) is 5.75 Å². The van der Waals surface area contributed by atoms with Crippen molar-refractivity contribution in [3.8, 4) is 5.75 Å². The lowest BCUT2D eigenvalue weighted by atomic mass is 10.1. The number of hydrogen-bond acceptors (Lipinski definition) is 4. The molecule has 0 unspecified atom stereocenters. The first kappa shape index (κ1) is 14.8. The third kappa shape index (κ3) is 3.95. The van der Waals surface area contributed by atoms with Crippen LogP contribution in [0.5, 0.6) is 5.75 Å². The second kappa shape index (κ2) is 6.74. The molecule has 0 heterocycles. The molecule has 0 aliphatic heterocycles. The van der Waals surface area contributed by atoms with E-state index in [2.05, 4.69) is 10.1 Å². The van der Waals surface area contributed by atoms with Crippen LogP contribution in [0.25, 0.3) is 10.8 Å². The van der Waals surface area contributed by atoms with Gasteiger partial charge in [0.1, 0.15) is 11.8 Å². The first-order chi connectivity index (χ1) is 10.1. The molecule has 5 heteroatoms. The Labute approximate surface area is 122 Å².